The molecule has 30 heavy (non-hydrogen) atoms. The number of carbonyl (C=O) groups is 2. The molecule has 1 N–H and O–H groups in total. The Morgan fingerprint density at radius 1 is 1.03 bits per heavy atom. The van der Waals surface area contributed by atoms with Gasteiger partial charge >= 0.3 is 11.9 Å². The second-order valence-corrected chi connectivity index (χ2v) is 7.87. The quantitative estimate of drug-likeness (QED) is 0.539. The number of fused-ring (bicyclic) bond motifs is 3. The molecule has 0 heterocycles. The fourth-order valence-corrected chi connectivity index (χ4v) is 4.60. The number of hydrogen-bond donors (Lipinski definition) is 1. The molecule has 0 unspecified atom stereocenters. The molecular formula is C25H26O5. The molecule has 2 aliphatic carbocycles. The number of carbonyl (C=O) groups excluding carboxylic acids is 1. The summed E-state index contributed by atoms with van der Waals surface area (Å²) in [4.78, 5) is 24.0. The largest absolute Gasteiger partial charge is 0.481 e. The summed E-state index contributed by atoms with van der Waals surface area (Å²) in [6, 6.07) is 16.4. The van der Waals surface area contributed by atoms with E-state index in [9.17, 15) is 14.7 Å². The van der Waals surface area contributed by atoms with Gasteiger partial charge in [-0.3, -0.25) is 9.59 Å². The summed E-state index contributed by atoms with van der Waals surface area (Å²) in [5, 5.41) is 9.39. The highest BCUT2D eigenvalue weighted by Crippen LogP contribution is 2.44. The lowest BCUT2D eigenvalue weighted by Gasteiger charge is -2.26. The average Bonchev–Trinajstić information content (AvgIpc) is 3.06. The van der Waals surface area contributed by atoms with Gasteiger partial charge in [-0.25, -0.2) is 0 Å². The van der Waals surface area contributed by atoms with E-state index in [1.165, 1.54) is 22.3 Å². The fraction of sp³-hybridized carbons (Fsp3) is 0.360. The lowest BCUT2D eigenvalue weighted by Crippen LogP contribution is -2.27. The maximum absolute atomic E-state index is 12.6. The van der Waals surface area contributed by atoms with Gasteiger partial charge in [0.2, 0.25) is 0 Å². The van der Waals surface area contributed by atoms with E-state index in [0.29, 0.717) is 19.4 Å². The van der Waals surface area contributed by atoms with Gasteiger partial charge in [-0.2, -0.15) is 0 Å². The van der Waals surface area contributed by atoms with Crippen molar-refractivity contribution in [1.82, 2.24) is 0 Å². The Hall–Kier alpha value is -2.92. The summed E-state index contributed by atoms with van der Waals surface area (Å²) < 4.78 is 11.3. The number of ether oxygens (including phenoxy) is 2. The number of carboxylic acid groups (broad SMARTS) is 1. The zero-order valence-corrected chi connectivity index (χ0v) is 17.0. The number of rotatable bonds is 7. The van der Waals surface area contributed by atoms with Crippen molar-refractivity contribution < 1.29 is 24.2 Å². The van der Waals surface area contributed by atoms with Crippen molar-refractivity contribution in [3.63, 3.8) is 0 Å². The Morgan fingerprint density at radius 3 is 2.27 bits per heavy atom. The van der Waals surface area contributed by atoms with Crippen LogP contribution in [-0.4, -0.2) is 36.4 Å². The maximum atomic E-state index is 12.6. The van der Waals surface area contributed by atoms with E-state index in [4.69, 9.17) is 9.47 Å². The number of aliphatic carboxylic acids is 1. The van der Waals surface area contributed by atoms with Crippen LogP contribution in [0, 0.1) is 5.92 Å². The molecule has 2 atom stereocenters. The van der Waals surface area contributed by atoms with Crippen LogP contribution in [0.5, 0.6) is 0 Å². The van der Waals surface area contributed by atoms with E-state index in [1.54, 1.807) is 6.08 Å². The van der Waals surface area contributed by atoms with Crippen LogP contribution in [0.15, 0.2) is 60.2 Å². The zero-order chi connectivity index (χ0) is 21.1. The summed E-state index contributed by atoms with van der Waals surface area (Å²) in [6.07, 6.45) is 2.64. The van der Waals surface area contributed by atoms with Gasteiger partial charge in [0, 0.05) is 12.5 Å². The van der Waals surface area contributed by atoms with Crippen LogP contribution < -0.4 is 0 Å². The standard InChI is InChI=1S/C25H26O5/c1-2-29-18-12-16(11-17(14-18)25(27)28)13-24(26)30-15-23-21-9-5-3-7-19(21)20-8-4-6-10-22(20)23/h3-11,17-18,23H,2,12-15H2,1H3,(H,27,28)/t17-,18-/m0/s1. The van der Waals surface area contributed by atoms with Crippen molar-refractivity contribution >= 4 is 11.9 Å². The first-order valence-electron chi connectivity index (χ1n) is 10.4. The Kier molecular flexibility index (Phi) is 6.00. The highest BCUT2D eigenvalue weighted by atomic mass is 16.5. The van der Waals surface area contributed by atoms with E-state index in [0.717, 1.165) is 5.57 Å². The van der Waals surface area contributed by atoms with Crippen LogP contribution in [0.4, 0.5) is 0 Å². The minimum absolute atomic E-state index is 0.0182. The molecular weight excluding hydrogens is 380 g/mol. The molecule has 0 saturated heterocycles. The van der Waals surface area contributed by atoms with E-state index >= 15 is 0 Å². The maximum Gasteiger partial charge on any atom is 0.310 e. The molecule has 5 nitrogen and oxygen atoms in total. The summed E-state index contributed by atoms with van der Waals surface area (Å²) in [5.74, 6) is -1.81. The molecule has 0 radical (unpaired) electrons. The topological polar surface area (TPSA) is 72.8 Å². The van der Waals surface area contributed by atoms with Crippen LogP contribution in [0.2, 0.25) is 0 Å². The summed E-state index contributed by atoms with van der Waals surface area (Å²) in [5.41, 5.74) is 5.50. The Labute approximate surface area is 176 Å². The molecule has 0 spiro atoms. The van der Waals surface area contributed by atoms with Crippen LogP contribution >= 0.6 is 0 Å². The van der Waals surface area contributed by atoms with E-state index in [-0.39, 0.29) is 31.0 Å². The van der Waals surface area contributed by atoms with Crippen LogP contribution in [0.3, 0.4) is 0 Å². The van der Waals surface area contributed by atoms with Crippen molar-refractivity contribution in [2.24, 2.45) is 5.92 Å². The third kappa shape index (κ3) is 4.17. The van der Waals surface area contributed by atoms with Crippen molar-refractivity contribution in [1.29, 1.82) is 0 Å². The molecule has 4 rings (SSSR count). The first-order chi connectivity index (χ1) is 14.6. The first kappa shape index (κ1) is 20.4. The van der Waals surface area contributed by atoms with Crippen LogP contribution in [0.25, 0.3) is 11.1 Å². The Bertz CT molecular complexity index is 932. The molecule has 2 aromatic carbocycles. The molecule has 0 saturated carbocycles. The SMILES string of the molecule is CCO[C@H]1CC(CC(=O)OCC2c3ccccc3-c3ccccc32)=C[C@H](C(=O)O)C1. The molecule has 0 amide bonds. The highest BCUT2D eigenvalue weighted by molar-refractivity contribution is 5.79. The number of hydrogen-bond acceptors (Lipinski definition) is 4. The van der Waals surface area contributed by atoms with Gasteiger partial charge in [0.05, 0.1) is 18.4 Å². The molecule has 0 aliphatic heterocycles. The van der Waals surface area contributed by atoms with Crippen molar-refractivity contribution in [2.45, 2.75) is 38.2 Å². The third-order valence-corrected chi connectivity index (χ3v) is 5.91. The lowest BCUT2D eigenvalue weighted by molar-refractivity contribution is -0.144. The van der Waals surface area contributed by atoms with Gasteiger partial charge in [0.15, 0.2) is 0 Å². The average molecular weight is 406 g/mol. The molecule has 5 heteroatoms. The van der Waals surface area contributed by atoms with Crippen LogP contribution in [0.1, 0.15) is 43.2 Å². The second kappa shape index (κ2) is 8.84. The number of esters is 1. The van der Waals surface area contributed by atoms with Gasteiger partial charge in [0.1, 0.15) is 6.61 Å². The fourth-order valence-electron chi connectivity index (χ4n) is 4.60. The molecule has 156 valence electrons. The Morgan fingerprint density at radius 2 is 1.67 bits per heavy atom. The lowest BCUT2D eigenvalue weighted by atomic mass is 9.87. The summed E-state index contributed by atoms with van der Waals surface area (Å²) >= 11 is 0. The predicted molar refractivity (Wildman–Crippen MR) is 113 cm³/mol. The second-order valence-electron chi connectivity index (χ2n) is 7.87. The normalized spacial score (nSPS) is 20.2. The van der Waals surface area contributed by atoms with Crippen molar-refractivity contribution in [2.75, 3.05) is 13.2 Å². The number of carboxylic acids is 1. The van der Waals surface area contributed by atoms with E-state index in [2.05, 4.69) is 24.3 Å². The number of benzene rings is 2. The van der Waals surface area contributed by atoms with Gasteiger partial charge in [-0.15, -0.1) is 0 Å². The molecule has 0 fully saturated rings. The summed E-state index contributed by atoms with van der Waals surface area (Å²) in [6.45, 7) is 2.69. The van der Waals surface area contributed by atoms with Gasteiger partial charge in [-0.05, 0) is 42.0 Å². The molecule has 2 aromatic rings. The molecule has 0 aromatic heterocycles. The van der Waals surface area contributed by atoms with Crippen molar-refractivity contribution in [3.8, 4) is 11.1 Å². The van der Waals surface area contributed by atoms with Crippen molar-refractivity contribution in [3.05, 3.63) is 71.3 Å². The summed E-state index contributed by atoms with van der Waals surface area (Å²) in [7, 11) is 0. The van der Waals surface area contributed by atoms with Gasteiger partial charge < -0.3 is 14.6 Å². The Balaban J connectivity index is 1.43. The third-order valence-electron chi connectivity index (χ3n) is 5.91. The minimum atomic E-state index is -0.885. The highest BCUT2D eigenvalue weighted by Gasteiger charge is 2.30. The zero-order valence-electron chi connectivity index (χ0n) is 17.0. The smallest absolute Gasteiger partial charge is 0.310 e. The monoisotopic (exact) mass is 406 g/mol. The minimum Gasteiger partial charge on any atom is -0.481 e. The molecule has 0 bridgehead atoms. The van der Waals surface area contributed by atoms with E-state index in [1.807, 2.05) is 31.2 Å². The van der Waals surface area contributed by atoms with Gasteiger partial charge in [-0.1, -0.05) is 60.2 Å². The molecule has 2 aliphatic rings. The van der Waals surface area contributed by atoms with E-state index < -0.39 is 11.9 Å². The predicted octanol–water partition coefficient (Wildman–Crippen LogP) is 4.56. The first-order valence-corrected chi connectivity index (χ1v) is 10.4. The van der Waals surface area contributed by atoms with Gasteiger partial charge in [0.25, 0.3) is 0 Å². The van der Waals surface area contributed by atoms with Crippen LogP contribution in [-0.2, 0) is 19.1 Å².